The van der Waals surface area contributed by atoms with E-state index in [9.17, 15) is 14.4 Å². The monoisotopic (exact) mass is 351 g/mol. The van der Waals surface area contributed by atoms with Gasteiger partial charge in [0.25, 0.3) is 0 Å². The van der Waals surface area contributed by atoms with Gasteiger partial charge in [0.05, 0.1) is 0 Å². The molecular weight excluding hydrogens is 318 g/mol. The summed E-state index contributed by atoms with van der Waals surface area (Å²) < 4.78 is 0. The number of amides is 3. The molecule has 1 aliphatic heterocycles. The van der Waals surface area contributed by atoms with Gasteiger partial charge in [0.15, 0.2) is 0 Å². The summed E-state index contributed by atoms with van der Waals surface area (Å²) in [5.74, 6) is 0.0836. The van der Waals surface area contributed by atoms with E-state index in [1.807, 2.05) is 25.8 Å². The van der Waals surface area contributed by atoms with Crippen molar-refractivity contribution in [3.05, 3.63) is 0 Å². The van der Waals surface area contributed by atoms with Crippen molar-refractivity contribution in [2.24, 2.45) is 5.92 Å². The molecule has 2 aliphatic rings. The van der Waals surface area contributed by atoms with Gasteiger partial charge in [-0.05, 0) is 39.5 Å². The Morgan fingerprint density at radius 2 is 1.64 bits per heavy atom. The molecule has 0 aromatic heterocycles. The standard InChI is InChI=1S/C19H33N3O3/c1-14(2)21(4)17(24)16-8-12-22(13-9-16)18(25)19(20-15(3)23)10-6-5-7-11-19/h14,16H,5-13H2,1-4H3,(H,20,23). The third-order valence-electron chi connectivity index (χ3n) is 5.79. The first-order chi connectivity index (χ1) is 11.8. The molecule has 1 saturated carbocycles. The van der Waals surface area contributed by atoms with Gasteiger partial charge in [-0.2, -0.15) is 0 Å². The summed E-state index contributed by atoms with van der Waals surface area (Å²) >= 11 is 0. The minimum absolute atomic E-state index is 0.000442. The zero-order valence-corrected chi connectivity index (χ0v) is 16.1. The van der Waals surface area contributed by atoms with Crippen LogP contribution >= 0.6 is 0 Å². The molecule has 0 unspecified atom stereocenters. The number of piperidine rings is 1. The number of likely N-dealkylation sites (tertiary alicyclic amines) is 1. The van der Waals surface area contributed by atoms with E-state index in [1.54, 1.807) is 4.90 Å². The van der Waals surface area contributed by atoms with E-state index < -0.39 is 5.54 Å². The van der Waals surface area contributed by atoms with Crippen LogP contribution in [0.4, 0.5) is 0 Å². The van der Waals surface area contributed by atoms with Crippen LogP contribution in [0.25, 0.3) is 0 Å². The van der Waals surface area contributed by atoms with Crippen LogP contribution in [0.5, 0.6) is 0 Å². The first-order valence-electron chi connectivity index (χ1n) is 9.61. The van der Waals surface area contributed by atoms with E-state index in [1.165, 1.54) is 6.92 Å². The summed E-state index contributed by atoms with van der Waals surface area (Å²) in [6.45, 7) is 6.70. The summed E-state index contributed by atoms with van der Waals surface area (Å²) in [5, 5.41) is 2.95. The smallest absolute Gasteiger partial charge is 0.248 e. The Morgan fingerprint density at radius 3 is 2.12 bits per heavy atom. The van der Waals surface area contributed by atoms with Gasteiger partial charge in [-0.1, -0.05) is 19.3 Å². The Bertz CT molecular complexity index is 504. The summed E-state index contributed by atoms with van der Waals surface area (Å²) in [6.07, 6.45) is 5.92. The van der Waals surface area contributed by atoms with Crippen LogP contribution in [0.15, 0.2) is 0 Å². The fourth-order valence-corrected chi connectivity index (χ4v) is 4.06. The van der Waals surface area contributed by atoms with Crippen LogP contribution in [0, 0.1) is 5.92 Å². The van der Waals surface area contributed by atoms with Gasteiger partial charge in [0, 0.05) is 39.0 Å². The molecule has 0 spiro atoms. The fourth-order valence-electron chi connectivity index (χ4n) is 4.06. The van der Waals surface area contributed by atoms with Crippen LogP contribution in [0.3, 0.4) is 0 Å². The van der Waals surface area contributed by atoms with Crippen molar-refractivity contribution in [1.29, 1.82) is 0 Å². The van der Waals surface area contributed by atoms with Crippen LogP contribution in [0.2, 0.25) is 0 Å². The molecule has 1 aliphatic carbocycles. The minimum atomic E-state index is -0.727. The van der Waals surface area contributed by atoms with Crippen molar-refractivity contribution in [2.75, 3.05) is 20.1 Å². The average Bonchev–Trinajstić information content (AvgIpc) is 2.60. The molecule has 0 radical (unpaired) electrons. The third-order valence-corrected chi connectivity index (χ3v) is 5.79. The zero-order valence-electron chi connectivity index (χ0n) is 16.1. The lowest BCUT2D eigenvalue weighted by atomic mass is 9.79. The molecule has 0 aromatic rings. The normalized spacial score (nSPS) is 21.1. The first-order valence-corrected chi connectivity index (χ1v) is 9.61. The average molecular weight is 351 g/mol. The molecule has 6 nitrogen and oxygen atoms in total. The highest BCUT2D eigenvalue weighted by Crippen LogP contribution is 2.32. The zero-order chi connectivity index (χ0) is 18.6. The lowest BCUT2D eigenvalue weighted by Crippen LogP contribution is -2.61. The minimum Gasteiger partial charge on any atom is -0.343 e. The number of rotatable bonds is 4. The van der Waals surface area contributed by atoms with Gasteiger partial charge < -0.3 is 15.1 Å². The highest BCUT2D eigenvalue weighted by atomic mass is 16.2. The van der Waals surface area contributed by atoms with Crippen molar-refractivity contribution in [3.63, 3.8) is 0 Å². The number of nitrogens with one attached hydrogen (secondary N) is 1. The fraction of sp³-hybridized carbons (Fsp3) is 0.842. The highest BCUT2D eigenvalue weighted by Gasteiger charge is 2.43. The first kappa shape index (κ1) is 19.7. The Labute approximate surface area is 151 Å². The number of carbonyl (C=O) groups is 3. The van der Waals surface area contributed by atoms with Crippen molar-refractivity contribution in [2.45, 2.75) is 77.3 Å². The third kappa shape index (κ3) is 4.53. The highest BCUT2D eigenvalue weighted by molar-refractivity contribution is 5.91. The van der Waals surface area contributed by atoms with E-state index in [4.69, 9.17) is 0 Å². The lowest BCUT2D eigenvalue weighted by molar-refractivity contribution is -0.147. The maximum absolute atomic E-state index is 13.1. The molecule has 2 fully saturated rings. The van der Waals surface area contributed by atoms with E-state index >= 15 is 0 Å². The van der Waals surface area contributed by atoms with E-state index in [2.05, 4.69) is 5.32 Å². The molecule has 25 heavy (non-hydrogen) atoms. The van der Waals surface area contributed by atoms with Gasteiger partial charge >= 0.3 is 0 Å². The van der Waals surface area contributed by atoms with Crippen molar-refractivity contribution >= 4 is 17.7 Å². The summed E-state index contributed by atoms with van der Waals surface area (Å²) in [4.78, 5) is 40.9. The quantitative estimate of drug-likeness (QED) is 0.841. The number of carbonyl (C=O) groups excluding carboxylic acids is 3. The van der Waals surface area contributed by atoms with Crippen LogP contribution in [-0.4, -0.2) is 59.2 Å². The molecule has 3 amide bonds. The van der Waals surface area contributed by atoms with E-state index in [0.717, 1.165) is 32.1 Å². The molecule has 0 aromatic carbocycles. The lowest BCUT2D eigenvalue weighted by Gasteiger charge is -2.42. The van der Waals surface area contributed by atoms with Crippen molar-refractivity contribution < 1.29 is 14.4 Å². The summed E-state index contributed by atoms with van der Waals surface area (Å²) in [7, 11) is 1.85. The Morgan fingerprint density at radius 1 is 1.08 bits per heavy atom. The molecule has 1 heterocycles. The maximum atomic E-state index is 13.1. The maximum Gasteiger partial charge on any atom is 0.248 e. The van der Waals surface area contributed by atoms with Crippen LogP contribution in [-0.2, 0) is 14.4 Å². The molecule has 2 rings (SSSR count). The second-order valence-electron chi connectivity index (χ2n) is 7.93. The van der Waals surface area contributed by atoms with Gasteiger partial charge in [-0.3, -0.25) is 14.4 Å². The molecule has 0 atom stereocenters. The van der Waals surface area contributed by atoms with Gasteiger partial charge in [0.2, 0.25) is 17.7 Å². The molecule has 142 valence electrons. The predicted molar refractivity (Wildman–Crippen MR) is 96.8 cm³/mol. The van der Waals surface area contributed by atoms with Crippen molar-refractivity contribution in [1.82, 2.24) is 15.1 Å². The molecule has 0 bridgehead atoms. The molecule has 6 heteroatoms. The molecule has 1 N–H and O–H groups in total. The second kappa shape index (κ2) is 8.19. The Hall–Kier alpha value is -1.59. The largest absolute Gasteiger partial charge is 0.343 e. The van der Waals surface area contributed by atoms with Crippen LogP contribution in [0.1, 0.15) is 65.7 Å². The van der Waals surface area contributed by atoms with Gasteiger partial charge in [0.1, 0.15) is 5.54 Å². The number of nitrogens with zero attached hydrogens (tertiary/aromatic N) is 2. The van der Waals surface area contributed by atoms with Crippen molar-refractivity contribution in [3.8, 4) is 0 Å². The Balaban J connectivity index is 1.99. The van der Waals surface area contributed by atoms with Gasteiger partial charge in [-0.25, -0.2) is 0 Å². The van der Waals surface area contributed by atoms with E-state index in [0.29, 0.717) is 25.9 Å². The van der Waals surface area contributed by atoms with E-state index in [-0.39, 0.29) is 29.7 Å². The second-order valence-corrected chi connectivity index (χ2v) is 7.93. The molecular formula is C19H33N3O3. The number of hydrogen-bond acceptors (Lipinski definition) is 3. The van der Waals surface area contributed by atoms with Crippen LogP contribution < -0.4 is 5.32 Å². The number of hydrogen-bond donors (Lipinski definition) is 1. The topological polar surface area (TPSA) is 69.7 Å². The van der Waals surface area contributed by atoms with Gasteiger partial charge in [-0.15, -0.1) is 0 Å². The Kier molecular flexibility index (Phi) is 6.47. The SMILES string of the molecule is CC(=O)NC1(C(=O)N2CCC(C(=O)N(C)C(C)C)CC2)CCCCC1. The molecule has 1 saturated heterocycles. The summed E-state index contributed by atoms with van der Waals surface area (Å²) in [6, 6.07) is 0.192. The predicted octanol–water partition coefficient (Wildman–Crippen LogP) is 1.93. The summed E-state index contributed by atoms with van der Waals surface area (Å²) in [5.41, 5.74) is -0.727.